The molecule has 4 rings (SSSR count). The Morgan fingerprint density at radius 1 is 1.04 bits per heavy atom. The number of nitrogens with zero attached hydrogens (tertiary/aromatic N) is 2. The zero-order chi connectivity index (χ0) is 17.8. The number of nitrogens with one attached hydrogen (secondary N) is 1. The zero-order valence-corrected chi connectivity index (χ0v) is 14.6. The third-order valence-corrected chi connectivity index (χ3v) is 4.60. The van der Waals surface area contributed by atoms with Crippen LogP contribution < -0.4 is 5.32 Å². The summed E-state index contributed by atoms with van der Waals surface area (Å²) in [5.74, 6) is 0.988. The van der Waals surface area contributed by atoms with Gasteiger partial charge >= 0.3 is 0 Å². The number of fused-ring (bicyclic) bond motifs is 1. The Hall–Kier alpha value is -3.14. The molecule has 0 unspecified atom stereocenters. The summed E-state index contributed by atoms with van der Waals surface area (Å²) >= 11 is 0. The molecule has 0 atom stereocenters. The van der Waals surface area contributed by atoms with E-state index in [1.165, 1.54) is 12.8 Å². The van der Waals surface area contributed by atoms with E-state index in [4.69, 9.17) is 4.98 Å². The van der Waals surface area contributed by atoms with Gasteiger partial charge in [0.15, 0.2) is 0 Å². The second-order valence-corrected chi connectivity index (χ2v) is 6.47. The van der Waals surface area contributed by atoms with Gasteiger partial charge in [0.1, 0.15) is 5.82 Å². The van der Waals surface area contributed by atoms with Crippen LogP contribution in [-0.2, 0) is 17.8 Å². The van der Waals surface area contributed by atoms with Crippen molar-refractivity contribution in [3.05, 3.63) is 78.3 Å². The highest BCUT2D eigenvalue weighted by atomic mass is 16.1. The minimum atomic E-state index is -0.148. The van der Waals surface area contributed by atoms with Crippen molar-refractivity contribution in [2.45, 2.75) is 25.8 Å². The average molecular weight is 343 g/mol. The number of hydrogen-bond donors (Lipinski definition) is 1. The van der Waals surface area contributed by atoms with Crippen molar-refractivity contribution in [1.82, 2.24) is 9.55 Å². The number of carbonyl (C=O) groups excluding carboxylic acids is 1. The van der Waals surface area contributed by atoms with Gasteiger partial charge in [-0.25, -0.2) is 4.98 Å². The summed E-state index contributed by atoms with van der Waals surface area (Å²) in [5.41, 5.74) is 3.66. The number of para-hydroxylation sites is 1. The van der Waals surface area contributed by atoms with E-state index >= 15 is 0 Å². The molecule has 2 heterocycles. The highest BCUT2D eigenvalue weighted by molar-refractivity contribution is 6.04. The normalized spacial score (nSPS) is 13.5. The maximum atomic E-state index is 12.3. The van der Waals surface area contributed by atoms with Gasteiger partial charge in [-0.05, 0) is 30.5 Å². The lowest BCUT2D eigenvalue weighted by molar-refractivity contribution is -0.111. The summed E-state index contributed by atoms with van der Waals surface area (Å²) in [7, 11) is 0. The minimum absolute atomic E-state index is 0.148. The molecule has 3 aromatic rings. The molecular formula is C22H21N3O. The highest BCUT2D eigenvalue weighted by Crippen LogP contribution is 2.28. The number of imidazole rings is 1. The summed E-state index contributed by atoms with van der Waals surface area (Å²) in [6.45, 7) is 1.02. The fraction of sp³-hybridized carbons (Fsp3) is 0.182. The van der Waals surface area contributed by atoms with Gasteiger partial charge in [-0.15, -0.1) is 0 Å². The number of aromatic nitrogens is 2. The molecule has 0 saturated heterocycles. The van der Waals surface area contributed by atoms with Crippen molar-refractivity contribution >= 4 is 17.7 Å². The van der Waals surface area contributed by atoms with Gasteiger partial charge in [0.2, 0.25) is 5.91 Å². The fourth-order valence-corrected chi connectivity index (χ4v) is 3.27. The van der Waals surface area contributed by atoms with Gasteiger partial charge in [0.05, 0.1) is 11.4 Å². The maximum Gasteiger partial charge on any atom is 0.248 e. The van der Waals surface area contributed by atoms with Gasteiger partial charge in [-0.2, -0.15) is 0 Å². The molecule has 2 aromatic carbocycles. The summed E-state index contributed by atoms with van der Waals surface area (Å²) in [6, 6.07) is 17.6. The van der Waals surface area contributed by atoms with E-state index in [1.807, 2.05) is 60.7 Å². The van der Waals surface area contributed by atoms with Crippen molar-refractivity contribution in [3.63, 3.8) is 0 Å². The number of benzene rings is 2. The predicted octanol–water partition coefficient (Wildman–Crippen LogP) is 4.54. The van der Waals surface area contributed by atoms with Crippen molar-refractivity contribution in [2.24, 2.45) is 0 Å². The van der Waals surface area contributed by atoms with Crippen LogP contribution >= 0.6 is 0 Å². The molecule has 0 radical (unpaired) electrons. The van der Waals surface area contributed by atoms with E-state index in [0.717, 1.165) is 41.3 Å². The molecule has 26 heavy (non-hydrogen) atoms. The molecule has 0 aliphatic carbocycles. The summed E-state index contributed by atoms with van der Waals surface area (Å²) in [5, 5.41) is 2.98. The molecular weight excluding hydrogens is 322 g/mol. The Kier molecular flexibility index (Phi) is 4.65. The number of amides is 1. The lowest BCUT2D eigenvalue weighted by Crippen LogP contribution is -2.09. The number of carbonyl (C=O) groups is 1. The standard InChI is InChI=1S/C22H21N3O/c26-22(14-13-17-8-2-1-3-9-17)24-19-11-5-4-10-18(19)20-16-25-15-7-6-12-21(25)23-20/h1-5,8-11,13-14,16H,6-7,12,15H2,(H,24,26)/b14-13+. The van der Waals surface area contributed by atoms with Gasteiger partial charge in [0, 0.05) is 30.8 Å². The Bertz CT molecular complexity index is 918. The van der Waals surface area contributed by atoms with Crippen LogP contribution in [0.25, 0.3) is 17.3 Å². The number of rotatable bonds is 4. The van der Waals surface area contributed by atoms with Crippen LogP contribution in [0.3, 0.4) is 0 Å². The topological polar surface area (TPSA) is 46.9 Å². The van der Waals surface area contributed by atoms with Gasteiger partial charge < -0.3 is 9.88 Å². The maximum absolute atomic E-state index is 12.3. The third-order valence-electron chi connectivity index (χ3n) is 4.60. The van der Waals surface area contributed by atoms with Crippen LogP contribution in [0.1, 0.15) is 24.2 Å². The minimum Gasteiger partial charge on any atom is -0.334 e. The van der Waals surface area contributed by atoms with Crippen LogP contribution in [0.5, 0.6) is 0 Å². The lowest BCUT2D eigenvalue weighted by Gasteiger charge is -2.11. The summed E-state index contributed by atoms with van der Waals surface area (Å²) in [4.78, 5) is 17.1. The summed E-state index contributed by atoms with van der Waals surface area (Å²) < 4.78 is 2.23. The molecule has 4 nitrogen and oxygen atoms in total. The van der Waals surface area contributed by atoms with Gasteiger partial charge in [-0.3, -0.25) is 4.79 Å². The van der Waals surface area contributed by atoms with E-state index < -0.39 is 0 Å². The monoisotopic (exact) mass is 343 g/mol. The second-order valence-electron chi connectivity index (χ2n) is 6.47. The van der Waals surface area contributed by atoms with Crippen molar-refractivity contribution < 1.29 is 4.79 Å². The quantitative estimate of drug-likeness (QED) is 0.707. The molecule has 1 amide bonds. The Morgan fingerprint density at radius 3 is 2.69 bits per heavy atom. The third kappa shape index (κ3) is 3.59. The predicted molar refractivity (Wildman–Crippen MR) is 105 cm³/mol. The molecule has 0 spiro atoms. The molecule has 1 aliphatic rings. The first-order chi connectivity index (χ1) is 12.8. The molecule has 1 N–H and O–H groups in total. The Morgan fingerprint density at radius 2 is 1.85 bits per heavy atom. The van der Waals surface area contributed by atoms with Crippen LogP contribution in [0, 0.1) is 0 Å². The molecule has 0 fully saturated rings. The van der Waals surface area contributed by atoms with Gasteiger partial charge in [-0.1, -0.05) is 48.5 Å². The van der Waals surface area contributed by atoms with E-state index in [1.54, 1.807) is 6.08 Å². The molecule has 0 bridgehead atoms. The number of hydrogen-bond acceptors (Lipinski definition) is 2. The largest absolute Gasteiger partial charge is 0.334 e. The summed E-state index contributed by atoms with van der Waals surface area (Å²) in [6.07, 6.45) is 8.88. The van der Waals surface area contributed by atoms with E-state index in [9.17, 15) is 4.79 Å². The van der Waals surface area contributed by atoms with Crippen LogP contribution in [0.4, 0.5) is 5.69 Å². The number of anilines is 1. The molecule has 130 valence electrons. The van der Waals surface area contributed by atoms with Crippen LogP contribution in [0.2, 0.25) is 0 Å². The van der Waals surface area contributed by atoms with Crippen LogP contribution in [-0.4, -0.2) is 15.5 Å². The van der Waals surface area contributed by atoms with Crippen molar-refractivity contribution in [1.29, 1.82) is 0 Å². The Balaban J connectivity index is 1.55. The first kappa shape index (κ1) is 16.3. The first-order valence-corrected chi connectivity index (χ1v) is 8.99. The van der Waals surface area contributed by atoms with E-state index in [-0.39, 0.29) is 5.91 Å². The average Bonchev–Trinajstić information content (AvgIpc) is 3.12. The van der Waals surface area contributed by atoms with Crippen molar-refractivity contribution in [2.75, 3.05) is 5.32 Å². The van der Waals surface area contributed by atoms with E-state index in [0.29, 0.717) is 0 Å². The van der Waals surface area contributed by atoms with E-state index in [2.05, 4.69) is 16.1 Å². The fourth-order valence-electron chi connectivity index (χ4n) is 3.27. The highest BCUT2D eigenvalue weighted by Gasteiger charge is 2.15. The van der Waals surface area contributed by atoms with Crippen LogP contribution in [0.15, 0.2) is 66.9 Å². The molecule has 4 heteroatoms. The first-order valence-electron chi connectivity index (χ1n) is 8.99. The SMILES string of the molecule is O=C(/C=C/c1ccccc1)Nc1ccccc1-c1cn2c(n1)CCCC2. The molecule has 1 aromatic heterocycles. The molecule has 0 saturated carbocycles. The van der Waals surface area contributed by atoms with Crippen molar-refractivity contribution in [3.8, 4) is 11.3 Å². The Labute approximate surface area is 153 Å². The number of aryl methyl sites for hydroxylation is 2. The lowest BCUT2D eigenvalue weighted by atomic mass is 10.1. The van der Waals surface area contributed by atoms with Gasteiger partial charge in [0.25, 0.3) is 0 Å². The smallest absolute Gasteiger partial charge is 0.248 e. The molecule has 1 aliphatic heterocycles. The second kappa shape index (κ2) is 7.40. The zero-order valence-electron chi connectivity index (χ0n) is 14.6.